The van der Waals surface area contributed by atoms with E-state index >= 15 is 0 Å². The van der Waals surface area contributed by atoms with Crippen LogP contribution in [-0.4, -0.2) is 22.1 Å². The van der Waals surface area contributed by atoms with E-state index < -0.39 is 11.9 Å². The Bertz CT molecular complexity index is 649. The van der Waals surface area contributed by atoms with Crippen molar-refractivity contribution in [3.63, 3.8) is 0 Å². The van der Waals surface area contributed by atoms with Gasteiger partial charge in [-0.05, 0) is 31.5 Å². The second kappa shape index (κ2) is 6.82. The van der Waals surface area contributed by atoms with Crippen molar-refractivity contribution in [1.82, 2.24) is 10.2 Å². The Morgan fingerprint density at radius 1 is 1.48 bits per heavy atom. The molecule has 21 heavy (non-hydrogen) atoms. The molecule has 0 radical (unpaired) electrons. The van der Waals surface area contributed by atoms with Crippen LogP contribution in [0.15, 0.2) is 18.2 Å². The Hall–Kier alpha value is -1.73. The largest absolute Gasteiger partial charge is 0.374 e. The SMILES string of the molecule is CCc1nnc(NC(=O)[C@H](C)Nc2ccc(F)c(Cl)c2)s1. The van der Waals surface area contributed by atoms with Crippen molar-refractivity contribution in [2.75, 3.05) is 10.6 Å². The lowest BCUT2D eigenvalue weighted by Gasteiger charge is -2.14. The van der Waals surface area contributed by atoms with E-state index in [1.807, 2.05) is 6.92 Å². The zero-order valence-electron chi connectivity index (χ0n) is 11.5. The van der Waals surface area contributed by atoms with E-state index in [1.54, 1.807) is 6.92 Å². The molecule has 8 heteroatoms. The Labute approximate surface area is 130 Å². The number of amides is 1. The van der Waals surface area contributed by atoms with Gasteiger partial charge >= 0.3 is 0 Å². The van der Waals surface area contributed by atoms with Crippen molar-refractivity contribution in [1.29, 1.82) is 0 Å². The van der Waals surface area contributed by atoms with Gasteiger partial charge in [0.15, 0.2) is 0 Å². The lowest BCUT2D eigenvalue weighted by molar-refractivity contribution is -0.116. The van der Waals surface area contributed by atoms with Crippen LogP contribution in [0.25, 0.3) is 0 Å². The molecule has 112 valence electrons. The highest BCUT2D eigenvalue weighted by molar-refractivity contribution is 7.15. The summed E-state index contributed by atoms with van der Waals surface area (Å²) in [6.07, 6.45) is 0.773. The first-order chi connectivity index (χ1) is 9.99. The lowest BCUT2D eigenvalue weighted by atomic mass is 10.2. The quantitative estimate of drug-likeness (QED) is 0.883. The maximum absolute atomic E-state index is 13.1. The molecule has 0 aliphatic carbocycles. The van der Waals surface area contributed by atoms with Gasteiger partial charge in [0.1, 0.15) is 16.9 Å². The summed E-state index contributed by atoms with van der Waals surface area (Å²) >= 11 is 7.03. The van der Waals surface area contributed by atoms with Gasteiger partial charge in [0, 0.05) is 5.69 Å². The van der Waals surface area contributed by atoms with Crippen LogP contribution in [0.1, 0.15) is 18.9 Å². The number of aromatic nitrogens is 2. The minimum absolute atomic E-state index is 0.00400. The van der Waals surface area contributed by atoms with E-state index in [2.05, 4.69) is 20.8 Å². The molecular weight excluding hydrogens is 315 g/mol. The summed E-state index contributed by atoms with van der Waals surface area (Å²) in [6.45, 7) is 3.66. The monoisotopic (exact) mass is 328 g/mol. The van der Waals surface area contributed by atoms with Crippen molar-refractivity contribution in [3.05, 3.63) is 34.0 Å². The van der Waals surface area contributed by atoms with Gasteiger partial charge in [-0.3, -0.25) is 10.1 Å². The van der Waals surface area contributed by atoms with Gasteiger partial charge in [-0.2, -0.15) is 0 Å². The molecular formula is C13H14ClFN4OS. The van der Waals surface area contributed by atoms with Crippen molar-refractivity contribution < 1.29 is 9.18 Å². The van der Waals surface area contributed by atoms with Gasteiger partial charge < -0.3 is 5.32 Å². The number of rotatable bonds is 5. The predicted octanol–water partition coefficient (Wildman–Crippen LogP) is 3.33. The zero-order valence-corrected chi connectivity index (χ0v) is 13.1. The van der Waals surface area contributed by atoms with E-state index in [9.17, 15) is 9.18 Å². The average Bonchev–Trinajstić information content (AvgIpc) is 2.90. The maximum Gasteiger partial charge on any atom is 0.248 e. The highest BCUT2D eigenvalue weighted by Crippen LogP contribution is 2.20. The van der Waals surface area contributed by atoms with Crippen LogP contribution in [0.5, 0.6) is 0 Å². The molecule has 0 saturated heterocycles. The fourth-order valence-corrected chi connectivity index (χ4v) is 2.43. The molecule has 1 aromatic heterocycles. The normalized spacial score (nSPS) is 12.0. The molecule has 0 aliphatic heterocycles. The summed E-state index contributed by atoms with van der Waals surface area (Å²) in [4.78, 5) is 12.0. The number of carbonyl (C=O) groups excluding carboxylic acids is 1. The number of anilines is 2. The second-order valence-electron chi connectivity index (χ2n) is 4.34. The molecule has 0 spiro atoms. The van der Waals surface area contributed by atoms with Gasteiger partial charge in [0.2, 0.25) is 11.0 Å². The van der Waals surface area contributed by atoms with Gasteiger partial charge in [-0.1, -0.05) is 29.9 Å². The highest BCUT2D eigenvalue weighted by Gasteiger charge is 2.15. The Morgan fingerprint density at radius 3 is 2.86 bits per heavy atom. The molecule has 0 saturated carbocycles. The Balaban J connectivity index is 1.97. The molecule has 5 nitrogen and oxygen atoms in total. The third-order valence-corrected chi connectivity index (χ3v) is 3.97. The van der Waals surface area contributed by atoms with Crippen LogP contribution < -0.4 is 10.6 Å². The van der Waals surface area contributed by atoms with Crippen LogP contribution in [0.4, 0.5) is 15.2 Å². The summed E-state index contributed by atoms with van der Waals surface area (Å²) in [6, 6.07) is 3.67. The maximum atomic E-state index is 13.1. The minimum atomic E-state index is -0.527. The molecule has 1 aromatic carbocycles. The molecule has 1 heterocycles. The number of nitrogens with one attached hydrogen (secondary N) is 2. The van der Waals surface area contributed by atoms with E-state index in [0.717, 1.165) is 11.4 Å². The van der Waals surface area contributed by atoms with Crippen LogP contribution in [-0.2, 0) is 11.2 Å². The van der Waals surface area contributed by atoms with Crippen LogP contribution in [0.2, 0.25) is 5.02 Å². The number of hydrogen-bond donors (Lipinski definition) is 2. The Morgan fingerprint density at radius 2 is 2.24 bits per heavy atom. The third-order valence-electron chi connectivity index (χ3n) is 2.70. The molecule has 2 N–H and O–H groups in total. The van der Waals surface area contributed by atoms with Crippen molar-refractivity contribution in [2.45, 2.75) is 26.3 Å². The smallest absolute Gasteiger partial charge is 0.248 e. The van der Waals surface area contributed by atoms with E-state index in [-0.39, 0.29) is 10.9 Å². The molecule has 1 atom stereocenters. The Kier molecular flexibility index (Phi) is 5.08. The van der Waals surface area contributed by atoms with Gasteiger partial charge in [0.25, 0.3) is 0 Å². The van der Waals surface area contributed by atoms with E-state index in [0.29, 0.717) is 10.8 Å². The molecule has 1 amide bonds. The van der Waals surface area contributed by atoms with Crippen LogP contribution in [0, 0.1) is 5.82 Å². The first-order valence-electron chi connectivity index (χ1n) is 6.34. The zero-order chi connectivity index (χ0) is 15.4. The molecule has 0 fully saturated rings. The number of nitrogens with zero attached hydrogens (tertiary/aromatic N) is 2. The van der Waals surface area contributed by atoms with Crippen molar-refractivity contribution in [2.24, 2.45) is 0 Å². The highest BCUT2D eigenvalue weighted by atomic mass is 35.5. The topological polar surface area (TPSA) is 66.9 Å². The standard InChI is InChI=1S/C13H14ClFN4OS/c1-3-11-18-19-13(21-11)17-12(20)7(2)16-8-4-5-10(15)9(14)6-8/h4-7,16H,3H2,1-2H3,(H,17,19,20)/t7-/m0/s1. The first kappa shape index (κ1) is 15.7. The fourth-order valence-electron chi connectivity index (χ4n) is 1.56. The number of halogens is 2. The summed E-state index contributed by atoms with van der Waals surface area (Å²) in [7, 11) is 0. The van der Waals surface area contributed by atoms with E-state index in [1.165, 1.54) is 29.5 Å². The molecule has 0 aliphatic rings. The number of hydrogen-bond acceptors (Lipinski definition) is 5. The minimum Gasteiger partial charge on any atom is -0.374 e. The molecule has 2 aromatic rings. The van der Waals surface area contributed by atoms with Gasteiger partial charge in [0.05, 0.1) is 5.02 Å². The first-order valence-corrected chi connectivity index (χ1v) is 7.54. The van der Waals surface area contributed by atoms with Gasteiger partial charge in [-0.25, -0.2) is 4.39 Å². The van der Waals surface area contributed by atoms with Crippen molar-refractivity contribution >= 4 is 39.7 Å². The predicted molar refractivity (Wildman–Crippen MR) is 82.4 cm³/mol. The summed E-state index contributed by atoms with van der Waals surface area (Å²) in [5, 5.41) is 14.8. The summed E-state index contributed by atoms with van der Waals surface area (Å²) < 4.78 is 13.1. The second-order valence-corrected chi connectivity index (χ2v) is 5.81. The fraction of sp³-hybridized carbons (Fsp3) is 0.308. The summed E-state index contributed by atoms with van der Waals surface area (Å²) in [5.41, 5.74) is 0.565. The van der Waals surface area contributed by atoms with Gasteiger partial charge in [-0.15, -0.1) is 10.2 Å². The van der Waals surface area contributed by atoms with E-state index in [4.69, 9.17) is 11.6 Å². The molecule has 0 unspecified atom stereocenters. The number of aryl methyl sites for hydroxylation is 1. The number of carbonyl (C=O) groups is 1. The van der Waals surface area contributed by atoms with Crippen molar-refractivity contribution in [3.8, 4) is 0 Å². The molecule has 0 bridgehead atoms. The number of benzene rings is 1. The van der Waals surface area contributed by atoms with Crippen LogP contribution in [0.3, 0.4) is 0 Å². The molecule has 2 rings (SSSR count). The average molecular weight is 329 g/mol. The third kappa shape index (κ3) is 4.12. The summed E-state index contributed by atoms with van der Waals surface area (Å²) in [5.74, 6) is -0.755. The van der Waals surface area contributed by atoms with Crippen LogP contribution >= 0.6 is 22.9 Å². The lowest BCUT2D eigenvalue weighted by Crippen LogP contribution is -2.31.